The number of hydrogen-bond donors (Lipinski definition) is 1. The Morgan fingerprint density at radius 1 is 0.788 bits per heavy atom. The molecular weight excluding hydrogens is 416 g/mol. The predicted molar refractivity (Wildman–Crippen MR) is 130 cm³/mol. The van der Waals surface area contributed by atoms with Gasteiger partial charge in [0.15, 0.2) is 11.5 Å². The predicted octanol–water partition coefficient (Wildman–Crippen LogP) is 4.29. The molecule has 1 aliphatic rings. The van der Waals surface area contributed by atoms with Gasteiger partial charge in [0.25, 0.3) is 0 Å². The maximum Gasteiger partial charge on any atom is 0.203 e. The molecule has 1 fully saturated rings. The molecule has 1 atom stereocenters. The van der Waals surface area contributed by atoms with E-state index in [4.69, 9.17) is 18.9 Å². The van der Waals surface area contributed by atoms with E-state index in [0.29, 0.717) is 23.9 Å². The first kappa shape index (κ1) is 23.0. The number of benzene rings is 3. The molecule has 0 aliphatic carbocycles. The minimum atomic E-state index is 0.0353. The molecule has 0 radical (unpaired) electrons. The van der Waals surface area contributed by atoms with Gasteiger partial charge in [-0.05, 0) is 41.0 Å². The van der Waals surface area contributed by atoms with Crippen LogP contribution in [0.1, 0.15) is 22.7 Å². The Morgan fingerprint density at radius 2 is 1.48 bits per heavy atom. The molecule has 0 amide bonds. The number of nitrogens with one attached hydrogen (secondary N) is 1. The molecule has 174 valence electrons. The standard InChI is InChI=1S/C27H32N2O4/c1-30-23-11-7-10-21(16-23)26(29-14-12-28-13-15-29)22-17-24(31-2)27(25(18-22)32-3)33-19-20-8-5-4-6-9-20/h4-11,16-18,26,28H,12-15,19H2,1-3H3. The highest BCUT2D eigenvalue weighted by molar-refractivity contribution is 5.56. The van der Waals surface area contributed by atoms with E-state index in [2.05, 4.69) is 34.5 Å². The average molecular weight is 449 g/mol. The number of hydrogen-bond acceptors (Lipinski definition) is 6. The van der Waals surface area contributed by atoms with Gasteiger partial charge in [-0.15, -0.1) is 0 Å². The number of ether oxygens (including phenoxy) is 4. The highest BCUT2D eigenvalue weighted by Crippen LogP contribution is 2.43. The first-order valence-corrected chi connectivity index (χ1v) is 11.2. The Hall–Kier alpha value is -3.22. The first-order valence-electron chi connectivity index (χ1n) is 11.2. The van der Waals surface area contributed by atoms with E-state index in [1.54, 1.807) is 21.3 Å². The molecule has 0 aromatic heterocycles. The number of nitrogens with zero attached hydrogens (tertiary/aromatic N) is 1. The maximum absolute atomic E-state index is 6.16. The minimum absolute atomic E-state index is 0.0353. The first-order chi connectivity index (χ1) is 16.2. The zero-order valence-electron chi connectivity index (χ0n) is 19.5. The van der Waals surface area contributed by atoms with Crippen LogP contribution < -0.4 is 24.3 Å². The van der Waals surface area contributed by atoms with Crippen molar-refractivity contribution in [2.75, 3.05) is 47.5 Å². The molecule has 4 rings (SSSR count). The highest BCUT2D eigenvalue weighted by Gasteiger charge is 2.27. The van der Waals surface area contributed by atoms with Gasteiger partial charge in [-0.3, -0.25) is 4.90 Å². The molecule has 1 N–H and O–H groups in total. The molecule has 1 saturated heterocycles. The molecule has 6 nitrogen and oxygen atoms in total. The lowest BCUT2D eigenvalue weighted by atomic mass is 9.95. The van der Waals surface area contributed by atoms with Gasteiger partial charge in [-0.1, -0.05) is 42.5 Å². The van der Waals surface area contributed by atoms with Crippen molar-refractivity contribution in [3.63, 3.8) is 0 Å². The second-order valence-electron chi connectivity index (χ2n) is 7.99. The summed E-state index contributed by atoms with van der Waals surface area (Å²) in [5.74, 6) is 2.76. The van der Waals surface area contributed by atoms with E-state index >= 15 is 0 Å². The van der Waals surface area contributed by atoms with Crippen molar-refractivity contribution >= 4 is 0 Å². The van der Waals surface area contributed by atoms with Crippen molar-refractivity contribution < 1.29 is 18.9 Å². The lowest BCUT2D eigenvalue weighted by Crippen LogP contribution is -2.45. The van der Waals surface area contributed by atoms with Crippen molar-refractivity contribution in [3.8, 4) is 23.0 Å². The Kier molecular flexibility index (Phi) is 7.70. The van der Waals surface area contributed by atoms with Gasteiger partial charge in [-0.25, -0.2) is 0 Å². The zero-order valence-corrected chi connectivity index (χ0v) is 19.5. The normalized spacial score (nSPS) is 15.0. The highest BCUT2D eigenvalue weighted by atomic mass is 16.5. The van der Waals surface area contributed by atoms with E-state index < -0.39 is 0 Å². The van der Waals surface area contributed by atoms with Crippen molar-refractivity contribution in [1.82, 2.24) is 10.2 Å². The van der Waals surface area contributed by atoms with Crippen LogP contribution in [0.15, 0.2) is 66.7 Å². The lowest BCUT2D eigenvalue weighted by Gasteiger charge is -2.36. The molecule has 3 aromatic rings. The Balaban J connectivity index is 1.73. The third-order valence-corrected chi connectivity index (χ3v) is 5.95. The second-order valence-corrected chi connectivity index (χ2v) is 7.99. The van der Waals surface area contributed by atoms with Gasteiger partial charge in [-0.2, -0.15) is 0 Å². The third kappa shape index (κ3) is 5.41. The molecule has 0 bridgehead atoms. The largest absolute Gasteiger partial charge is 0.497 e. The molecule has 1 heterocycles. The molecule has 1 aliphatic heterocycles. The van der Waals surface area contributed by atoms with Crippen molar-refractivity contribution in [2.45, 2.75) is 12.6 Å². The van der Waals surface area contributed by atoms with Gasteiger partial charge < -0.3 is 24.3 Å². The van der Waals surface area contributed by atoms with Gasteiger partial charge in [0, 0.05) is 26.2 Å². The van der Waals surface area contributed by atoms with Crippen LogP contribution in [-0.4, -0.2) is 52.4 Å². The number of methoxy groups -OCH3 is 3. The summed E-state index contributed by atoms with van der Waals surface area (Å²) in [4.78, 5) is 2.48. The smallest absolute Gasteiger partial charge is 0.203 e. The monoisotopic (exact) mass is 448 g/mol. The maximum atomic E-state index is 6.16. The molecule has 0 saturated carbocycles. The summed E-state index contributed by atoms with van der Waals surface area (Å²) in [7, 11) is 5.03. The fourth-order valence-corrected chi connectivity index (χ4v) is 4.30. The quantitative estimate of drug-likeness (QED) is 0.527. The van der Waals surface area contributed by atoms with Crippen LogP contribution in [0.2, 0.25) is 0 Å². The van der Waals surface area contributed by atoms with Crippen LogP contribution in [-0.2, 0) is 6.61 Å². The molecule has 1 unspecified atom stereocenters. The van der Waals surface area contributed by atoms with Crippen molar-refractivity contribution in [2.24, 2.45) is 0 Å². The van der Waals surface area contributed by atoms with Crippen molar-refractivity contribution in [3.05, 3.63) is 83.4 Å². The van der Waals surface area contributed by atoms with Crippen LogP contribution in [0.5, 0.6) is 23.0 Å². The van der Waals surface area contributed by atoms with Crippen molar-refractivity contribution in [1.29, 1.82) is 0 Å². The van der Waals surface area contributed by atoms with Crippen LogP contribution in [0.25, 0.3) is 0 Å². The van der Waals surface area contributed by atoms with Crippen LogP contribution >= 0.6 is 0 Å². The summed E-state index contributed by atoms with van der Waals surface area (Å²) in [6.45, 7) is 4.22. The Labute approximate surface area is 196 Å². The topological polar surface area (TPSA) is 52.2 Å². The van der Waals surface area contributed by atoms with E-state index in [0.717, 1.165) is 43.1 Å². The van der Waals surface area contributed by atoms with Gasteiger partial charge in [0.2, 0.25) is 5.75 Å². The molecule has 33 heavy (non-hydrogen) atoms. The summed E-state index contributed by atoms with van der Waals surface area (Å²) >= 11 is 0. The SMILES string of the molecule is COc1cccc(C(c2cc(OC)c(OCc3ccccc3)c(OC)c2)N2CCNCC2)c1. The average Bonchev–Trinajstić information content (AvgIpc) is 2.88. The van der Waals surface area contributed by atoms with E-state index in [1.807, 2.05) is 42.5 Å². The fraction of sp³-hybridized carbons (Fsp3) is 0.333. The third-order valence-electron chi connectivity index (χ3n) is 5.95. The summed E-state index contributed by atoms with van der Waals surface area (Å²) < 4.78 is 23.2. The van der Waals surface area contributed by atoms with Crippen LogP contribution in [0.4, 0.5) is 0 Å². The molecular formula is C27H32N2O4. The Bertz CT molecular complexity index is 1010. The summed E-state index contributed by atoms with van der Waals surface area (Å²) in [6, 6.07) is 22.5. The minimum Gasteiger partial charge on any atom is -0.497 e. The number of piperazine rings is 1. The van der Waals surface area contributed by atoms with Gasteiger partial charge in [0.05, 0.1) is 27.4 Å². The van der Waals surface area contributed by atoms with E-state index in [9.17, 15) is 0 Å². The molecule has 6 heteroatoms. The van der Waals surface area contributed by atoms with E-state index in [-0.39, 0.29) is 6.04 Å². The van der Waals surface area contributed by atoms with Gasteiger partial charge in [0.1, 0.15) is 12.4 Å². The van der Waals surface area contributed by atoms with Crippen LogP contribution in [0, 0.1) is 0 Å². The summed E-state index contributed by atoms with van der Waals surface area (Å²) in [5, 5.41) is 3.45. The lowest BCUT2D eigenvalue weighted by molar-refractivity contribution is 0.197. The Morgan fingerprint density at radius 3 is 2.12 bits per heavy atom. The summed E-state index contributed by atoms with van der Waals surface area (Å²) in [5.41, 5.74) is 3.34. The second kappa shape index (κ2) is 11.1. The van der Waals surface area contributed by atoms with Crippen LogP contribution in [0.3, 0.4) is 0 Å². The fourth-order valence-electron chi connectivity index (χ4n) is 4.30. The van der Waals surface area contributed by atoms with E-state index in [1.165, 1.54) is 5.56 Å². The zero-order chi connectivity index (χ0) is 23.0. The number of rotatable bonds is 9. The molecule has 0 spiro atoms. The van der Waals surface area contributed by atoms with Gasteiger partial charge >= 0.3 is 0 Å². The summed E-state index contributed by atoms with van der Waals surface area (Å²) in [6.07, 6.45) is 0. The molecule has 3 aromatic carbocycles.